The average molecular weight is 401 g/mol. The van der Waals surface area contributed by atoms with Gasteiger partial charge in [-0.25, -0.2) is 18.1 Å². The maximum atomic E-state index is 13.5. The van der Waals surface area contributed by atoms with Gasteiger partial charge in [0.25, 0.3) is 5.91 Å². The summed E-state index contributed by atoms with van der Waals surface area (Å²) in [6, 6.07) is 5.16. The van der Waals surface area contributed by atoms with Crippen molar-refractivity contribution in [3.05, 3.63) is 53.1 Å². The first-order chi connectivity index (χ1) is 13.1. The molecule has 1 unspecified atom stereocenters. The van der Waals surface area contributed by atoms with E-state index in [0.717, 1.165) is 6.07 Å². The number of aryl methyl sites for hydroxylation is 1. The third-order valence-electron chi connectivity index (χ3n) is 4.54. The summed E-state index contributed by atoms with van der Waals surface area (Å²) < 4.78 is 39.0. The Morgan fingerprint density at radius 1 is 1.46 bits per heavy atom. The van der Waals surface area contributed by atoms with Crippen LogP contribution in [0.15, 0.2) is 35.4 Å². The van der Waals surface area contributed by atoms with Crippen molar-refractivity contribution in [1.29, 1.82) is 10.0 Å². The van der Waals surface area contributed by atoms with E-state index < -0.39 is 21.6 Å². The van der Waals surface area contributed by atoms with Crippen LogP contribution in [0, 0.1) is 27.8 Å². The number of nitrogens with one attached hydrogen (secondary N) is 3. The summed E-state index contributed by atoms with van der Waals surface area (Å²) in [7, 11) is -1.68. The van der Waals surface area contributed by atoms with Crippen LogP contribution in [0.3, 0.4) is 0 Å². The van der Waals surface area contributed by atoms with Crippen LogP contribution in [0.1, 0.15) is 35.5 Å². The molecule has 146 valence electrons. The van der Waals surface area contributed by atoms with Crippen molar-refractivity contribution < 1.29 is 13.4 Å². The maximum Gasteiger partial charge on any atom is 0.272 e. The van der Waals surface area contributed by atoms with Gasteiger partial charge in [0.05, 0.1) is 10.5 Å². The number of carbonyl (C=O) groups excluding carboxylic acids is 1. The van der Waals surface area contributed by atoms with Gasteiger partial charge in [-0.2, -0.15) is 5.26 Å². The smallest absolute Gasteiger partial charge is 0.272 e. The molecule has 0 radical (unpaired) electrons. The molecule has 0 aliphatic carbocycles. The van der Waals surface area contributed by atoms with E-state index in [1.54, 1.807) is 25.3 Å². The van der Waals surface area contributed by atoms with E-state index in [-0.39, 0.29) is 33.8 Å². The molecule has 1 amide bonds. The van der Waals surface area contributed by atoms with Crippen LogP contribution in [0.4, 0.5) is 10.1 Å². The van der Waals surface area contributed by atoms with Crippen LogP contribution in [-0.4, -0.2) is 20.7 Å². The van der Waals surface area contributed by atoms with Crippen molar-refractivity contribution in [2.24, 2.45) is 13.0 Å². The fraction of sp³-hybridized carbons (Fsp3) is 0.263. The normalized spacial score (nSPS) is 21.1. The Morgan fingerprint density at radius 2 is 2.18 bits per heavy atom. The van der Waals surface area contributed by atoms with Gasteiger partial charge in [-0.05, 0) is 24.1 Å². The molecule has 3 N–H and O–H groups in total. The van der Waals surface area contributed by atoms with Gasteiger partial charge in [0.15, 0.2) is 0 Å². The highest BCUT2D eigenvalue weighted by molar-refractivity contribution is 7.90. The molecule has 0 saturated heterocycles. The van der Waals surface area contributed by atoms with E-state index >= 15 is 0 Å². The first-order valence-electron chi connectivity index (χ1n) is 8.58. The summed E-state index contributed by atoms with van der Waals surface area (Å²) >= 11 is 0. The zero-order valence-electron chi connectivity index (χ0n) is 15.6. The summed E-state index contributed by atoms with van der Waals surface area (Å²) in [5.41, 5.74) is 0.709. The van der Waals surface area contributed by atoms with E-state index in [2.05, 4.69) is 10.0 Å². The predicted octanol–water partition coefficient (Wildman–Crippen LogP) is 3.25. The van der Waals surface area contributed by atoms with Crippen molar-refractivity contribution >= 4 is 27.6 Å². The molecule has 7 nitrogen and oxygen atoms in total. The van der Waals surface area contributed by atoms with Crippen LogP contribution >= 0.6 is 0 Å². The fourth-order valence-electron chi connectivity index (χ4n) is 3.02. The molecule has 0 bridgehead atoms. The van der Waals surface area contributed by atoms with Gasteiger partial charge in [-0.3, -0.25) is 4.79 Å². The minimum Gasteiger partial charge on any atom is -0.345 e. The molecule has 9 heteroatoms. The Bertz CT molecular complexity index is 1130. The van der Waals surface area contributed by atoms with Gasteiger partial charge in [0, 0.05) is 30.5 Å². The number of anilines is 1. The first kappa shape index (κ1) is 19.8. The molecular formula is C19H20FN5O2S. The highest BCUT2D eigenvalue weighted by atomic mass is 32.2. The Hall–Kier alpha value is -2.96. The maximum absolute atomic E-state index is 13.5. The van der Waals surface area contributed by atoms with Gasteiger partial charge in [-0.15, -0.1) is 0 Å². The number of nitrogens with zero attached hydrogens (tertiary/aromatic N) is 2. The summed E-state index contributed by atoms with van der Waals surface area (Å²) in [5.74, 6) is -1.07. The van der Waals surface area contributed by atoms with Crippen molar-refractivity contribution in [2.75, 3.05) is 5.32 Å². The lowest BCUT2D eigenvalue weighted by Gasteiger charge is -2.18. The Kier molecular flexibility index (Phi) is 5.10. The zero-order chi connectivity index (χ0) is 20.6. The number of fused-ring (bicyclic) bond motifs is 1. The molecule has 0 fully saturated rings. The van der Waals surface area contributed by atoms with Gasteiger partial charge in [0.2, 0.25) is 0 Å². The van der Waals surface area contributed by atoms with Gasteiger partial charge < -0.3 is 9.88 Å². The number of hydrogen-bond donors (Lipinski definition) is 3. The van der Waals surface area contributed by atoms with Crippen molar-refractivity contribution in [3.8, 4) is 6.07 Å². The number of aromatic nitrogens is 1. The van der Waals surface area contributed by atoms with Crippen LogP contribution in [0.5, 0.6) is 0 Å². The molecule has 3 rings (SSSR count). The van der Waals surface area contributed by atoms with Gasteiger partial charge >= 0.3 is 0 Å². The molecule has 1 aromatic carbocycles. The van der Waals surface area contributed by atoms with E-state index in [1.807, 2.05) is 13.8 Å². The monoisotopic (exact) mass is 401 g/mol. The summed E-state index contributed by atoms with van der Waals surface area (Å²) in [4.78, 5) is 13.1. The lowest BCUT2D eigenvalue weighted by Crippen LogP contribution is -2.35. The number of amides is 1. The Morgan fingerprint density at radius 3 is 2.82 bits per heavy atom. The number of halogens is 1. The van der Waals surface area contributed by atoms with Gasteiger partial charge in [0.1, 0.15) is 27.5 Å². The molecule has 2 heterocycles. The van der Waals surface area contributed by atoms with Crippen molar-refractivity contribution in [2.45, 2.75) is 24.8 Å². The molecular weight excluding hydrogens is 381 g/mol. The third-order valence-corrected chi connectivity index (χ3v) is 6.09. The van der Waals surface area contributed by atoms with E-state index in [0.29, 0.717) is 5.56 Å². The minimum absolute atomic E-state index is 0.112. The molecule has 2 aromatic rings. The number of carbonyl (C=O) groups is 1. The molecule has 1 aromatic heterocycles. The van der Waals surface area contributed by atoms with Crippen LogP contribution in [0.25, 0.3) is 6.08 Å². The number of hydrogen-bond acceptors (Lipinski definition) is 4. The highest BCUT2D eigenvalue weighted by Gasteiger charge is 2.29. The van der Waals surface area contributed by atoms with Crippen LogP contribution < -0.4 is 10.0 Å². The molecule has 1 aliphatic heterocycles. The number of nitriles is 1. The summed E-state index contributed by atoms with van der Waals surface area (Å²) in [5, 5.41) is 11.6. The highest BCUT2D eigenvalue weighted by Crippen LogP contribution is 2.28. The topological polar surface area (TPSA) is 111 Å². The fourth-order valence-corrected chi connectivity index (χ4v) is 4.66. The zero-order valence-corrected chi connectivity index (χ0v) is 16.4. The van der Waals surface area contributed by atoms with E-state index in [4.69, 9.17) is 10.0 Å². The third kappa shape index (κ3) is 3.56. The molecule has 0 spiro atoms. The Balaban J connectivity index is 2.03. The van der Waals surface area contributed by atoms with Crippen molar-refractivity contribution in [1.82, 2.24) is 9.29 Å². The summed E-state index contributed by atoms with van der Waals surface area (Å²) in [6.45, 7) is 3.89. The Labute approximate surface area is 163 Å². The molecule has 1 aliphatic rings. The lowest BCUT2D eigenvalue weighted by molar-refractivity contribution is 0.101. The minimum atomic E-state index is -3.30. The van der Waals surface area contributed by atoms with Crippen LogP contribution in [0.2, 0.25) is 0 Å². The van der Waals surface area contributed by atoms with E-state index in [1.165, 1.54) is 22.9 Å². The van der Waals surface area contributed by atoms with Crippen molar-refractivity contribution in [3.63, 3.8) is 0 Å². The van der Waals surface area contributed by atoms with Crippen LogP contribution in [-0.2, 0) is 17.0 Å². The SMILES string of the molecule is CC(C)[C@H]1C=Cc2c(cn(C)c2C(=O)Nc2ccc(F)c(C#N)c2)S(=N)(=O)N1. The first-order valence-corrected chi connectivity index (χ1v) is 10.1. The molecule has 28 heavy (non-hydrogen) atoms. The summed E-state index contributed by atoms with van der Waals surface area (Å²) in [6.07, 6.45) is 5.01. The van der Waals surface area contributed by atoms with E-state index in [9.17, 15) is 13.4 Å². The predicted molar refractivity (Wildman–Crippen MR) is 104 cm³/mol. The van der Waals surface area contributed by atoms with Gasteiger partial charge in [-0.1, -0.05) is 26.0 Å². The second-order valence-corrected chi connectivity index (χ2v) is 8.72. The second-order valence-electron chi connectivity index (χ2n) is 6.93. The average Bonchev–Trinajstić information content (AvgIpc) is 2.90. The second kappa shape index (κ2) is 7.22. The largest absolute Gasteiger partial charge is 0.345 e. The standard InChI is InChI=1S/C19H20FN5O2S/c1-11(2)16-7-5-14-17(28(22,27)24-16)10-25(3)18(14)19(26)23-13-4-6-15(20)12(8-13)9-21/h4-8,10-11,16H,1-3H3,(H,23,26)(H2,22,24,27)/t16-,28?/m1/s1. The quantitative estimate of drug-likeness (QED) is 0.734. The number of benzene rings is 1. The number of rotatable bonds is 3. The molecule has 0 saturated carbocycles. The molecule has 2 atom stereocenters. The lowest BCUT2D eigenvalue weighted by atomic mass is 10.0.